The highest BCUT2D eigenvalue weighted by Gasteiger charge is 2.42. The zero-order valence-electron chi connectivity index (χ0n) is 11.5. The summed E-state index contributed by atoms with van der Waals surface area (Å²) in [6.07, 6.45) is 7.94. The minimum absolute atomic E-state index is 0.103. The fourth-order valence-corrected chi connectivity index (χ4v) is 4.36. The monoisotopic (exact) mass is 316 g/mol. The number of nitrogens with zero attached hydrogens (tertiary/aromatic N) is 1. The molecule has 7 heteroatoms. The molecule has 0 radical (unpaired) electrons. The van der Waals surface area contributed by atoms with E-state index in [0.29, 0.717) is 18.3 Å². The second-order valence-corrected chi connectivity index (χ2v) is 8.72. The summed E-state index contributed by atoms with van der Waals surface area (Å²) in [6, 6.07) is 1.95. The smallest absolute Gasteiger partial charge is 0.242 e. The minimum Gasteiger partial charge on any atom is -0.390 e. The first-order valence-electron chi connectivity index (χ1n) is 6.86. The maximum Gasteiger partial charge on any atom is 0.242 e. The van der Waals surface area contributed by atoms with Crippen LogP contribution in [0.2, 0.25) is 0 Å². The van der Waals surface area contributed by atoms with Crippen molar-refractivity contribution in [1.82, 2.24) is 9.29 Å². The largest absolute Gasteiger partial charge is 0.390 e. The van der Waals surface area contributed by atoms with E-state index < -0.39 is 10.0 Å². The van der Waals surface area contributed by atoms with Crippen LogP contribution in [0.15, 0.2) is 17.2 Å². The molecule has 0 bridgehead atoms. The molecule has 2 saturated carbocycles. The van der Waals surface area contributed by atoms with Gasteiger partial charge in [0, 0.05) is 29.2 Å². The summed E-state index contributed by atoms with van der Waals surface area (Å²) in [5.41, 5.74) is 0.680. The highest BCUT2D eigenvalue weighted by atomic mass is 32.2. The molecule has 0 aliphatic heterocycles. The fourth-order valence-electron chi connectivity index (χ4n) is 2.37. The first-order chi connectivity index (χ1) is 9.50. The molecule has 0 atom stereocenters. The zero-order chi connectivity index (χ0) is 14.4. The van der Waals surface area contributed by atoms with Gasteiger partial charge in [-0.05, 0) is 38.0 Å². The van der Waals surface area contributed by atoms with Gasteiger partial charge in [-0.15, -0.1) is 0 Å². The second kappa shape index (κ2) is 5.05. The molecule has 3 rings (SSSR count). The summed E-state index contributed by atoms with van der Waals surface area (Å²) in [7, 11) is -3.48. The van der Waals surface area contributed by atoms with Crippen molar-refractivity contribution >= 4 is 21.8 Å². The summed E-state index contributed by atoms with van der Waals surface area (Å²) in [5.74, 6) is 0. The molecule has 20 heavy (non-hydrogen) atoms. The Kier molecular flexibility index (Phi) is 3.64. The van der Waals surface area contributed by atoms with Crippen LogP contribution in [-0.4, -0.2) is 35.6 Å². The van der Waals surface area contributed by atoms with Crippen LogP contribution in [0.5, 0.6) is 0 Å². The van der Waals surface area contributed by atoms with Crippen molar-refractivity contribution in [3.8, 4) is 0 Å². The number of aromatic nitrogens is 1. The lowest BCUT2D eigenvalue weighted by atomic mass is 10.4. The van der Waals surface area contributed by atoms with Crippen LogP contribution in [0.25, 0.3) is 0 Å². The molecule has 1 aromatic rings. The van der Waals surface area contributed by atoms with Crippen LogP contribution in [-0.2, 0) is 16.6 Å². The quantitative estimate of drug-likeness (QED) is 0.799. The second-order valence-electron chi connectivity index (χ2n) is 5.68. The average molecular weight is 316 g/mol. The van der Waals surface area contributed by atoms with E-state index >= 15 is 0 Å². The van der Waals surface area contributed by atoms with Crippen molar-refractivity contribution in [2.24, 2.45) is 0 Å². The molecule has 0 saturated heterocycles. The Morgan fingerprint density at radius 3 is 2.70 bits per heavy atom. The van der Waals surface area contributed by atoms with Gasteiger partial charge in [0.1, 0.15) is 0 Å². The molecule has 0 aromatic carbocycles. The summed E-state index contributed by atoms with van der Waals surface area (Å²) in [4.78, 5) is 0.269. The van der Waals surface area contributed by atoms with Crippen molar-refractivity contribution in [2.75, 3.05) is 12.8 Å². The normalized spacial score (nSPS) is 21.1. The number of aliphatic hydroxyl groups is 1. The van der Waals surface area contributed by atoms with Crippen LogP contribution in [0.3, 0.4) is 0 Å². The molecule has 2 N–H and O–H groups in total. The third-order valence-corrected chi connectivity index (χ3v) is 6.93. The van der Waals surface area contributed by atoms with Crippen molar-refractivity contribution < 1.29 is 13.5 Å². The van der Waals surface area contributed by atoms with Crippen LogP contribution < -0.4 is 4.72 Å². The Labute approximate surface area is 123 Å². The van der Waals surface area contributed by atoms with Crippen LogP contribution in [0.4, 0.5) is 0 Å². The van der Waals surface area contributed by atoms with Gasteiger partial charge in [0.2, 0.25) is 10.0 Å². The van der Waals surface area contributed by atoms with E-state index in [2.05, 4.69) is 4.72 Å². The Morgan fingerprint density at radius 1 is 1.50 bits per heavy atom. The summed E-state index contributed by atoms with van der Waals surface area (Å²) in [6.45, 7) is 0.361. The van der Waals surface area contributed by atoms with Gasteiger partial charge >= 0.3 is 0 Å². The molecule has 0 spiro atoms. The Balaban J connectivity index is 1.76. The maximum atomic E-state index is 12.3. The van der Waals surface area contributed by atoms with E-state index in [-0.39, 0.29) is 16.2 Å². The van der Waals surface area contributed by atoms with Crippen LogP contribution in [0.1, 0.15) is 37.4 Å². The predicted octanol–water partition coefficient (Wildman–Crippen LogP) is 1.49. The number of hydrogen-bond donors (Lipinski definition) is 2. The van der Waals surface area contributed by atoms with Gasteiger partial charge in [0.25, 0.3) is 0 Å². The molecule has 0 amide bonds. The van der Waals surface area contributed by atoms with Crippen LogP contribution >= 0.6 is 11.8 Å². The van der Waals surface area contributed by atoms with Crippen LogP contribution in [0, 0.1) is 0 Å². The lowest BCUT2D eigenvalue weighted by molar-refractivity contribution is 0.270. The van der Waals surface area contributed by atoms with Crippen molar-refractivity contribution in [2.45, 2.75) is 48.0 Å². The molecule has 0 unspecified atom stereocenters. The molecular formula is C13H20N2O3S2. The third kappa shape index (κ3) is 2.77. The van der Waals surface area contributed by atoms with Crippen molar-refractivity contribution in [1.29, 1.82) is 0 Å². The first kappa shape index (κ1) is 14.4. The average Bonchev–Trinajstić information content (AvgIpc) is 3.35. The van der Waals surface area contributed by atoms with Gasteiger partial charge in [-0.3, -0.25) is 0 Å². The van der Waals surface area contributed by atoms with E-state index in [1.54, 1.807) is 24.0 Å². The number of sulfonamides is 1. The molecule has 2 aliphatic rings. The summed E-state index contributed by atoms with van der Waals surface area (Å²) >= 11 is 1.73. The van der Waals surface area contributed by atoms with E-state index in [1.807, 2.05) is 10.8 Å². The lowest BCUT2D eigenvalue weighted by Gasteiger charge is -2.12. The van der Waals surface area contributed by atoms with Gasteiger partial charge in [-0.2, -0.15) is 11.8 Å². The number of thioether (sulfide) groups is 1. The van der Waals surface area contributed by atoms with Gasteiger partial charge in [-0.25, -0.2) is 13.1 Å². The van der Waals surface area contributed by atoms with Gasteiger partial charge < -0.3 is 9.67 Å². The Bertz CT molecular complexity index is 601. The van der Waals surface area contributed by atoms with E-state index in [9.17, 15) is 13.5 Å². The van der Waals surface area contributed by atoms with Gasteiger partial charge in [0.05, 0.1) is 11.5 Å². The Morgan fingerprint density at radius 2 is 2.20 bits per heavy atom. The minimum atomic E-state index is -3.48. The molecular weight excluding hydrogens is 296 g/mol. The zero-order valence-corrected chi connectivity index (χ0v) is 13.1. The van der Waals surface area contributed by atoms with E-state index in [0.717, 1.165) is 25.7 Å². The van der Waals surface area contributed by atoms with Gasteiger partial charge in [0.15, 0.2) is 0 Å². The standard InChI is InChI=1S/C13H20N2O3S2/c1-19-13(4-5-13)9-14-20(17,18)12-6-11(8-16)15(7-12)10-2-3-10/h6-7,10,14,16H,2-5,8-9H2,1H3. The molecule has 1 heterocycles. The number of rotatable bonds is 7. The summed E-state index contributed by atoms with van der Waals surface area (Å²) in [5, 5.41) is 9.34. The summed E-state index contributed by atoms with van der Waals surface area (Å²) < 4.78 is 29.4. The van der Waals surface area contributed by atoms with Crippen molar-refractivity contribution in [3.05, 3.63) is 18.0 Å². The molecule has 1 aromatic heterocycles. The number of aliphatic hydroxyl groups excluding tert-OH is 1. The predicted molar refractivity (Wildman–Crippen MR) is 79.3 cm³/mol. The molecule has 112 valence electrons. The maximum absolute atomic E-state index is 12.3. The Hall–Kier alpha value is -0.500. The van der Waals surface area contributed by atoms with E-state index in [1.165, 1.54) is 0 Å². The van der Waals surface area contributed by atoms with E-state index in [4.69, 9.17) is 0 Å². The highest BCUT2D eigenvalue weighted by Crippen LogP contribution is 2.46. The first-order valence-corrected chi connectivity index (χ1v) is 9.57. The third-order valence-electron chi connectivity index (χ3n) is 4.14. The van der Waals surface area contributed by atoms with Gasteiger partial charge in [-0.1, -0.05) is 0 Å². The topological polar surface area (TPSA) is 71.3 Å². The molecule has 5 nitrogen and oxygen atoms in total. The molecule has 2 aliphatic carbocycles. The molecule has 2 fully saturated rings. The highest BCUT2D eigenvalue weighted by molar-refractivity contribution is 8.00. The lowest BCUT2D eigenvalue weighted by Crippen LogP contribution is -2.31. The SMILES string of the molecule is CSC1(CNS(=O)(=O)c2cc(CO)n(C3CC3)c2)CC1. The number of nitrogens with one attached hydrogen (secondary N) is 1. The van der Waals surface area contributed by atoms with Crippen molar-refractivity contribution in [3.63, 3.8) is 0 Å². The fraction of sp³-hybridized carbons (Fsp3) is 0.692. The number of hydrogen-bond acceptors (Lipinski definition) is 4.